The van der Waals surface area contributed by atoms with E-state index in [0.29, 0.717) is 12.3 Å². The van der Waals surface area contributed by atoms with Crippen molar-refractivity contribution in [1.82, 2.24) is 0 Å². The number of carboxylic acids is 1. The van der Waals surface area contributed by atoms with Crippen LogP contribution in [0.1, 0.15) is 39.5 Å². The van der Waals surface area contributed by atoms with Crippen LogP contribution in [0, 0.1) is 5.92 Å². The van der Waals surface area contributed by atoms with Gasteiger partial charge in [-0.3, -0.25) is 4.79 Å². The summed E-state index contributed by atoms with van der Waals surface area (Å²) in [5.41, 5.74) is 0. The second-order valence-corrected chi connectivity index (χ2v) is 2.80. The Morgan fingerprint density at radius 3 is 2.60 bits per heavy atom. The van der Waals surface area contributed by atoms with E-state index in [4.69, 9.17) is 5.11 Å². The molecule has 0 spiro atoms. The Balaban J connectivity index is 3.11. The van der Waals surface area contributed by atoms with Gasteiger partial charge in [0, 0.05) is 6.42 Å². The van der Waals surface area contributed by atoms with Gasteiger partial charge in [-0.05, 0) is 12.3 Å². The lowest BCUT2D eigenvalue weighted by molar-refractivity contribution is -0.137. The molecule has 1 atom stereocenters. The van der Waals surface area contributed by atoms with Crippen molar-refractivity contribution >= 4 is 5.97 Å². The highest BCUT2D eigenvalue weighted by Gasteiger charge is 2.00. The standard InChI is InChI=1S/C8H16O2/c1-3-7(2)5-4-6-8(9)10/h7H,3-6H2,1-2H3,(H,9,10)/t7-/m0/s1. The lowest BCUT2D eigenvalue weighted by Gasteiger charge is -2.04. The Hall–Kier alpha value is -0.530. The van der Waals surface area contributed by atoms with Crippen molar-refractivity contribution in [1.29, 1.82) is 0 Å². The van der Waals surface area contributed by atoms with Crippen molar-refractivity contribution in [3.8, 4) is 0 Å². The molecule has 0 aliphatic rings. The van der Waals surface area contributed by atoms with Crippen molar-refractivity contribution in [2.45, 2.75) is 39.5 Å². The van der Waals surface area contributed by atoms with E-state index in [1.807, 2.05) is 0 Å². The lowest BCUT2D eigenvalue weighted by atomic mass is 10.0. The first kappa shape index (κ1) is 9.47. The largest absolute Gasteiger partial charge is 0.481 e. The Kier molecular flexibility index (Phi) is 4.99. The van der Waals surface area contributed by atoms with Gasteiger partial charge in [-0.15, -0.1) is 0 Å². The molecule has 0 bridgehead atoms. The second-order valence-electron chi connectivity index (χ2n) is 2.80. The molecule has 10 heavy (non-hydrogen) atoms. The van der Waals surface area contributed by atoms with E-state index in [0.717, 1.165) is 19.3 Å². The predicted molar refractivity (Wildman–Crippen MR) is 40.9 cm³/mol. The van der Waals surface area contributed by atoms with Crippen LogP contribution < -0.4 is 0 Å². The number of aliphatic carboxylic acids is 1. The molecule has 0 saturated carbocycles. The molecule has 0 aliphatic carbocycles. The van der Waals surface area contributed by atoms with Gasteiger partial charge >= 0.3 is 5.97 Å². The van der Waals surface area contributed by atoms with Gasteiger partial charge in [0.05, 0.1) is 0 Å². The van der Waals surface area contributed by atoms with Gasteiger partial charge in [-0.2, -0.15) is 0 Å². The van der Waals surface area contributed by atoms with Crippen molar-refractivity contribution in [3.05, 3.63) is 0 Å². The molecule has 0 unspecified atom stereocenters. The molecule has 1 N–H and O–H groups in total. The average molecular weight is 144 g/mol. The normalized spacial score (nSPS) is 13.0. The molecular formula is C8H16O2. The highest BCUT2D eigenvalue weighted by atomic mass is 16.4. The number of hydrogen-bond donors (Lipinski definition) is 1. The van der Waals surface area contributed by atoms with Gasteiger partial charge in [0.1, 0.15) is 0 Å². The number of hydrogen-bond acceptors (Lipinski definition) is 1. The van der Waals surface area contributed by atoms with Crippen molar-refractivity contribution in [2.75, 3.05) is 0 Å². The maximum atomic E-state index is 10.1. The molecule has 0 heterocycles. The van der Waals surface area contributed by atoms with Gasteiger partial charge in [0.15, 0.2) is 0 Å². The van der Waals surface area contributed by atoms with Gasteiger partial charge in [-0.1, -0.05) is 26.7 Å². The SMILES string of the molecule is CC[C@H](C)CCCC(=O)O. The van der Waals surface area contributed by atoms with Gasteiger partial charge < -0.3 is 5.11 Å². The van der Waals surface area contributed by atoms with Gasteiger partial charge in [-0.25, -0.2) is 0 Å². The maximum absolute atomic E-state index is 10.1. The zero-order valence-electron chi connectivity index (χ0n) is 6.76. The van der Waals surface area contributed by atoms with Crippen LogP contribution in [0.5, 0.6) is 0 Å². The first-order valence-electron chi connectivity index (χ1n) is 3.88. The molecule has 2 heteroatoms. The summed E-state index contributed by atoms with van der Waals surface area (Å²) in [4.78, 5) is 10.1. The number of carboxylic acid groups (broad SMARTS) is 1. The fourth-order valence-electron chi connectivity index (χ4n) is 0.806. The van der Waals surface area contributed by atoms with Crippen LogP contribution in [0.4, 0.5) is 0 Å². The Morgan fingerprint density at radius 2 is 2.20 bits per heavy atom. The summed E-state index contributed by atoms with van der Waals surface area (Å²) in [6.45, 7) is 4.29. The summed E-state index contributed by atoms with van der Waals surface area (Å²) in [5, 5.41) is 8.30. The summed E-state index contributed by atoms with van der Waals surface area (Å²) in [6, 6.07) is 0. The summed E-state index contributed by atoms with van der Waals surface area (Å²) in [5.74, 6) is 0.00246. The Bertz CT molecular complexity index is 99.4. The second kappa shape index (κ2) is 5.27. The number of carbonyl (C=O) groups is 1. The van der Waals surface area contributed by atoms with E-state index < -0.39 is 5.97 Å². The highest BCUT2D eigenvalue weighted by molar-refractivity contribution is 5.66. The molecule has 2 nitrogen and oxygen atoms in total. The van der Waals surface area contributed by atoms with Crippen molar-refractivity contribution in [3.63, 3.8) is 0 Å². The molecule has 0 radical (unpaired) electrons. The summed E-state index contributed by atoms with van der Waals surface area (Å²) >= 11 is 0. The van der Waals surface area contributed by atoms with Gasteiger partial charge in [0.25, 0.3) is 0 Å². The van der Waals surface area contributed by atoms with Crippen LogP contribution in [0.15, 0.2) is 0 Å². The minimum Gasteiger partial charge on any atom is -0.481 e. The molecule has 0 rings (SSSR count). The Morgan fingerprint density at radius 1 is 1.60 bits per heavy atom. The molecule has 0 aromatic heterocycles. The summed E-state index contributed by atoms with van der Waals surface area (Å²) in [6.07, 6.45) is 3.34. The first-order valence-corrected chi connectivity index (χ1v) is 3.88. The predicted octanol–water partition coefficient (Wildman–Crippen LogP) is 2.29. The first-order chi connectivity index (χ1) is 4.66. The van der Waals surface area contributed by atoms with Crippen LogP contribution in [0.25, 0.3) is 0 Å². The Labute approximate surface area is 62.2 Å². The molecule has 0 saturated heterocycles. The third-order valence-corrected chi connectivity index (χ3v) is 1.78. The molecule has 0 fully saturated rings. The van der Waals surface area contributed by atoms with Crippen LogP contribution in [0.3, 0.4) is 0 Å². The minimum atomic E-state index is -0.677. The molecular weight excluding hydrogens is 128 g/mol. The van der Waals surface area contributed by atoms with Crippen molar-refractivity contribution < 1.29 is 9.90 Å². The average Bonchev–Trinajstić information content (AvgIpc) is 1.87. The molecule has 0 aromatic carbocycles. The molecule has 0 aliphatic heterocycles. The van der Waals surface area contributed by atoms with E-state index in [2.05, 4.69) is 13.8 Å². The summed E-state index contributed by atoms with van der Waals surface area (Å²) in [7, 11) is 0. The van der Waals surface area contributed by atoms with E-state index in [1.165, 1.54) is 0 Å². The summed E-state index contributed by atoms with van der Waals surface area (Å²) < 4.78 is 0. The third kappa shape index (κ3) is 5.60. The zero-order valence-corrected chi connectivity index (χ0v) is 6.76. The van der Waals surface area contributed by atoms with Crippen LogP contribution in [0.2, 0.25) is 0 Å². The van der Waals surface area contributed by atoms with E-state index >= 15 is 0 Å². The highest BCUT2D eigenvalue weighted by Crippen LogP contribution is 2.10. The van der Waals surface area contributed by atoms with Crippen LogP contribution >= 0.6 is 0 Å². The van der Waals surface area contributed by atoms with Gasteiger partial charge in [0.2, 0.25) is 0 Å². The van der Waals surface area contributed by atoms with E-state index in [9.17, 15) is 4.79 Å². The minimum absolute atomic E-state index is 0.324. The van der Waals surface area contributed by atoms with Crippen LogP contribution in [-0.4, -0.2) is 11.1 Å². The zero-order chi connectivity index (χ0) is 7.98. The quantitative estimate of drug-likeness (QED) is 0.642. The molecule has 0 aromatic rings. The molecule has 60 valence electrons. The van der Waals surface area contributed by atoms with E-state index in [-0.39, 0.29) is 0 Å². The lowest BCUT2D eigenvalue weighted by Crippen LogP contribution is -1.97. The third-order valence-electron chi connectivity index (χ3n) is 1.78. The fraction of sp³-hybridized carbons (Fsp3) is 0.875. The number of rotatable bonds is 5. The van der Waals surface area contributed by atoms with Crippen LogP contribution in [-0.2, 0) is 4.79 Å². The molecule has 0 amide bonds. The monoisotopic (exact) mass is 144 g/mol. The maximum Gasteiger partial charge on any atom is 0.303 e. The van der Waals surface area contributed by atoms with E-state index in [1.54, 1.807) is 0 Å². The fourth-order valence-corrected chi connectivity index (χ4v) is 0.806. The topological polar surface area (TPSA) is 37.3 Å². The van der Waals surface area contributed by atoms with Crippen molar-refractivity contribution in [2.24, 2.45) is 5.92 Å². The smallest absolute Gasteiger partial charge is 0.303 e.